The molecule has 0 amide bonds. The number of carboxylic acids is 1. The number of nitrogens with zero attached hydrogens (tertiary/aromatic N) is 1. The van der Waals surface area contributed by atoms with Crippen LogP contribution >= 0.6 is 0 Å². The minimum Gasteiger partial charge on any atom is -0.475 e. The van der Waals surface area contributed by atoms with Crippen molar-refractivity contribution >= 4 is 5.97 Å². The lowest BCUT2D eigenvalue weighted by molar-refractivity contribution is -0.144. The summed E-state index contributed by atoms with van der Waals surface area (Å²) in [6.07, 6.45) is 1.95. The van der Waals surface area contributed by atoms with Crippen LogP contribution in [0.2, 0.25) is 0 Å². The van der Waals surface area contributed by atoms with Gasteiger partial charge in [0.05, 0.1) is 0 Å². The highest BCUT2D eigenvalue weighted by molar-refractivity contribution is 5.82. The van der Waals surface area contributed by atoms with E-state index in [9.17, 15) is 4.79 Å². The van der Waals surface area contributed by atoms with Crippen LogP contribution in [0.4, 0.5) is 0 Å². The molecule has 0 radical (unpaired) electrons. The van der Waals surface area contributed by atoms with Gasteiger partial charge in [0.25, 0.3) is 0 Å². The van der Waals surface area contributed by atoms with E-state index < -0.39 is 11.5 Å². The summed E-state index contributed by atoms with van der Waals surface area (Å²) in [6, 6.07) is 0. The summed E-state index contributed by atoms with van der Waals surface area (Å²) in [5, 5.41) is 8.47. The van der Waals surface area contributed by atoms with Crippen molar-refractivity contribution < 1.29 is 9.90 Å². The van der Waals surface area contributed by atoms with E-state index in [1.165, 1.54) is 0 Å². The monoisotopic (exact) mass is 125 g/mol. The third kappa shape index (κ3) is 0.672. The Labute approximate surface area is 53.1 Å². The highest BCUT2D eigenvalue weighted by Gasteiger charge is 2.51. The molecule has 0 heterocycles. The molecule has 0 aromatic rings. The molecule has 3 nitrogen and oxygen atoms in total. The van der Waals surface area contributed by atoms with Crippen molar-refractivity contribution in [2.75, 3.05) is 0 Å². The van der Waals surface area contributed by atoms with Gasteiger partial charge >= 0.3 is 11.5 Å². The fourth-order valence-electron chi connectivity index (χ4n) is 0.885. The van der Waals surface area contributed by atoms with Crippen molar-refractivity contribution in [1.29, 1.82) is 0 Å². The maximum absolute atomic E-state index is 10.3. The Bertz CT molecular complexity index is 176. The van der Waals surface area contributed by atoms with Gasteiger partial charge in [0.2, 0.25) is 0 Å². The molecule has 9 heavy (non-hydrogen) atoms. The van der Waals surface area contributed by atoms with E-state index in [0.29, 0.717) is 12.8 Å². The molecule has 0 bridgehead atoms. The lowest BCUT2D eigenvalue weighted by Gasteiger charge is -2.24. The fourth-order valence-corrected chi connectivity index (χ4v) is 0.885. The van der Waals surface area contributed by atoms with Gasteiger partial charge in [-0.3, -0.25) is 4.85 Å². The molecule has 3 heteroatoms. The van der Waals surface area contributed by atoms with Crippen molar-refractivity contribution in [2.24, 2.45) is 0 Å². The third-order valence-corrected chi connectivity index (χ3v) is 1.79. The number of hydrogen-bond donors (Lipinski definition) is 1. The zero-order chi connectivity index (χ0) is 6.91. The first kappa shape index (κ1) is 6.09. The molecule has 1 fully saturated rings. The Hall–Kier alpha value is -1.04. The van der Waals surface area contributed by atoms with E-state index in [1.807, 2.05) is 0 Å². The summed E-state index contributed by atoms with van der Waals surface area (Å²) < 4.78 is 0. The molecule has 1 N–H and O–H groups in total. The number of carbonyl (C=O) groups is 1. The highest BCUT2D eigenvalue weighted by atomic mass is 16.4. The zero-order valence-electron chi connectivity index (χ0n) is 4.92. The lowest BCUT2D eigenvalue weighted by atomic mass is 9.78. The lowest BCUT2D eigenvalue weighted by Crippen LogP contribution is -2.41. The molecular weight excluding hydrogens is 118 g/mol. The maximum Gasteiger partial charge on any atom is 0.390 e. The summed E-state index contributed by atoms with van der Waals surface area (Å²) >= 11 is 0. The normalized spacial score (nSPS) is 21.7. The summed E-state index contributed by atoms with van der Waals surface area (Å²) in [5.74, 6) is -0.955. The topological polar surface area (TPSA) is 41.7 Å². The van der Waals surface area contributed by atoms with Crippen molar-refractivity contribution in [3.05, 3.63) is 11.4 Å². The van der Waals surface area contributed by atoms with Gasteiger partial charge in [-0.25, -0.2) is 11.4 Å². The second-order valence-corrected chi connectivity index (χ2v) is 2.30. The van der Waals surface area contributed by atoms with Crippen LogP contribution in [0.3, 0.4) is 0 Å². The molecule has 0 aliphatic heterocycles. The van der Waals surface area contributed by atoms with E-state index >= 15 is 0 Å². The highest BCUT2D eigenvalue weighted by Crippen LogP contribution is 2.35. The minimum absolute atomic E-state index is 0.534. The average Bonchev–Trinajstić information content (AvgIpc) is 1.62. The minimum atomic E-state index is -1.03. The van der Waals surface area contributed by atoms with E-state index in [2.05, 4.69) is 4.85 Å². The molecular formula is C6H7NO2. The van der Waals surface area contributed by atoms with Crippen LogP contribution in [-0.4, -0.2) is 16.6 Å². The van der Waals surface area contributed by atoms with Crippen LogP contribution in [-0.2, 0) is 4.79 Å². The first-order valence-electron chi connectivity index (χ1n) is 2.83. The Morgan fingerprint density at radius 2 is 2.22 bits per heavy atom. The third-order valence-electron chi connectivity index (χ3n) is 1.79. The van der Waals surface area contributed by atoms with Crippen LogP contribution in [0.5, 0.6) is 0 Å². The first-order chi connectivity index (χ1) is 4.21. The van der Waals surface area contributed by atoms with E-state index in [4.69, 9.17) is 11.7 Å². The van der Waals surface area contributed by atoms with Crippen LogP contribution in [0.1, 0.15) is 19.3 Å². The summed E-state index contributed by atoms with van der Waals surface area (Å²) in [6.45, 7) is 6.58. The average molecular weight is 125 g/mol. The van der Waals surface area contributed by atoms with Gasteiger partial charge in [-0.1, -0.05) is 0 Å². The quantitative estimate of drug-likeness (QED) is 0.529. The molecule has 0 atom stereocenters. The van der Waals surface area contributed by atoms with Crippen LogP contribution in [0.15, 0.2) is 0 Å². The zero-order valence-corrected chi connectivity index (χ0v) is 4.92. The van der Waals surface area contributed by atoms with E-state index in [1.54, 1.807) is 0 Å². The molecule has 0 saturated heterocycles. The van der Waals surface area contributed by atoms with Gasteiger partial charge in [0.15, 0.2) is 0 Å². The molecule has 0 aromatic carbocycles. The SMILES string of the molecule is [C-]#[N+]C1(C(=O)O)CCC1. The molecule has 1 aliphatic rings. The molecule has 0 spiro atoms. The fraction of sp³-hybridized carbons (Fsp3) is 0.667. The number of aliphatic carboxylic acids is 1. The Morgan fingerprint density at radius 3 is 2.22 bits per heavy atom. The van der Waals surface area contributed by atoms with Crippen LogP contribution in [0.25, 0.3) is 4.85 Å². The predicted octanol–water partition coefficient (Wildman–Crippen LogP) is 0.913. The number of rotatable bonds is 1. The van der Waals surface area contributed by atoms with E-state index in [-0.39, 0.29) is 0 Å². The van der Waals surface area contributed by atoms with Crippen molar-refractivity contribution in [1.82, 2.24) is 0 Å². The van der Waals surface area contributed by atoms with Crippen molar-refractivity contribution in [2.45, 2.75) is 24.8 Å². The summed E-state index contributed by atoms with van der Waals surface area (Å²) in [5.41, 5.74) is -1.03. The predicted molar refractivity (Wildman–Crippen MR) is 30.8 cm³/mol. The van der Waals surface area contributed by atoms with Crippen molar-refractivity contribution in [3.63, 3.8) is 0 Å². The Kier molecular flexibility index (Phi) is 1.17. The van der Waals surface area contributed by atoms with Gasteiger partial charge in [0.1, 0.15) is 0 Å². The second kappa shape index (κ2) is 1.73. The molecule has 1 saturated carbocycles. The standard InChI is InChI=1S/C6H7NO2/c1-7-6(5(8)9)3-2-4-6/h2-4H2,(H,8,9). The first-order valence-corrected chi connectivity index (χ1v) is 2.83. The van der Waals surface area contributed by atoms with Crippen LogP contribution < -0.4 is 0 Å². The summed E-state index contributed by atoms with van der Waals surface area (Å²) in [4.78, 5) is 13.4. The molecule has 0 aromatic heterocycles. The molecule has 48 valence electrons. The van der Waals surface area contributed by atoms with E-state index in [0.717, 1.165) is 6.42 Å². The van der Waals surface area contributed by atoms with Gasteiger partial charge < -0.3 is 5.11 Å². The second-order valence-electron chi connectivity index (χ2n) is 2.30. The number of hydrogen-bond acceptors (Lipinski definition) is 1. The smallest absolute Gasteiger partial charge is 0.390 e. The summed E-state index contributed by atoms with van der Waals surface area (Å²) in [7, 11) is 0. The Balaban J connectivity index is 2.71. The molecule has 0 unspecified atom stereocenters. The maximum atomic E-state index is 10.3. The van der Waals surface area contributed by atoms with Crippen molar-refractivity contribution in [3.8, 4) is 0 Å². The van der Waals surface area contributed by atoms with Gasteiger partial charge in [-0.2, -0.15) is 0 Å². The van der Waals surface area contributed by atoms with Gasteiger partial charge in [0, 0.05) is 12.8 Å². The van der Waals surface area contributed by atoms with Gasteiger partial charge in [-0.05, 0) is 6.42 Å². The largest absolute Gasteiger partial charge is 0.475 e. The number of carboxylic acid groups (broad SMARTS) is 1. The molecule has 1 rings (SSSR count). The van der Waals surface area contributed by atoms with Crippen LogP contribution in [0, 0.1) is 6.57 Å². The van der Waals surface area contributed by atoms with Gasteiger partial charge in [-0.15, -0.1) is 0 Å². The molecule has 1 aliphatic carbocycles. The Morgan fingerprint density at radius 1 is 1.67 bits per heavy atom.